The van der Waals surface area contributed by atoms with Crippen molar-refractivity contribution in [1.29, 1.82) is 0 Å². The van der Waals surface area contributed by atoms with E-state index in [1.165, 1.54) is 51.4 Å². The molecule has 0 aromatic heterocycles. The van der Waals surface area contributed by atoms with Gasteiger partial charge < -0.3 is 0 Å². The number of rotatable bonds is 2. The van der Waals surface area contributed by atoms with E-state index in [9.17, 15) is 0 Å². The SMILES string of the molecule is CC1=Cc2c3c(c4c(c2C1S(C)(C)C1C(C)=Cc2c5c(c6c(c21)CC(C)(C)C6)CC(C)(C)C5)CC(C)(C)C4)CC(C)(C)C3. The zero-order valence-corrected chi connectivity index (χ0v) is 30.2. The molecule has 0 fully saturated rings. The van der Waals surface area contributed by atoms with E-state index in [1.807, 2.05) is 0 Å². The van der Waals surface area contributed by atoms with Crippen molar-refractivity contribution >= 4 is 22.2 Å². The van der Waals surface area contributed by atoms with Crippen LogP contribution in [0.5, 0.6) is 0 Å². The summed E-state index contributed by atoms with van der Waals surface area (Å²) in [4.78, 5) is 0. The molecule has 6 aliphatic rings. The molecule has 0 aliphatic heterocycles. The molecule has 0 heterocycles. The zero-order valence-electron chi connectivity index (χ0n) is 29.4. The lowest BCUT2D eigenvalue weighted by Gasteiger charge is -2.47. The summed E-state index contributed by atoms with van der Waals surface area (Å²) in [5.74, 6) is 0. The predicted molar refractivity (Wildman–Crippen MR) is 190 cm³/mol. The van der Waals surface area contributed by atoms with Crippen LogP contribution in [-0.2, 0) is 51.4 Å². The highest BCUT2D eigenvalue weighted by Crippen LogP contribution is 2.74. The maximum atomic E-state index is 2.74. The lowest BCUT2D eigenvalue weighted by atomic mass is 9.88. The Morgan fingerprint density at radius 1 is 0.442 bits per heavy atom. The first-order valence-electron chi connectivity index (χ1n) is 17.3. The van der Waals surface area contributed by atoms with Crippen LogP contribution in [0.2, 0.25) is 0 Å². The van der Waals surface area contributed by atoms with Crippen molar-refractivity contribution in [3.05, 3.63) is 77.9 Å². The Balaban J connectivity index is 1.33. The van der Waals surface area contributed by atoms with Crippen LogP contribution in [0.3, 0.4) is 0 Å². The normalized spacial score (nSPS) is 28.2. The molecule has 1 heteroatoms. The monoisotopic (exact) mass is 592 g/mol. The molecular formula is C42H56S. The molecule has 43 heavy (non-hydrogen) atoms. The molecular weight excluding hydrogens is 537 g/mol. The van der Waals surface area contributed by atoms with Crippen LogP contribution in [0.15, 0.2) is 11.1 Å². The van der Waals surface area contributed by atoms with Gasteiger partial charge in [0, 0.05) is 10.5 Å². The minimum atomic E-state index is -1.11. The van der Waals surface area contributed by atoms with Gasteiger partial charge in [-0.3, -0.25) is 0 Å². The molecule has 0 saturated carbocycles. The van der Waals surface area contributed by atoms with E-state index in [1.54, 1.807) is 77.9 Å². The van der Waals surface area contributed by atoms with Crippen molar-refractivity contribution in [2.75, 3.05) is 12.5 Å². The van der Waals surface area contributed by atoms with Crippen molar-refractivity contribution in [2.45, 2.75) is 131 Å². The van der Waals surface area contributed by atoms with Gasteiger partial charge >= 0.3 is 0 Å². The molecule has 2 aromatic carbocycles. The maximum Gasteiger partial charge on any atom is 0.0364 e. The van der Waals surface area contributed by atoms with Crippen LogP contribution < -0.4 is 0 Å². The van der Waals surface area contributed by atoms with Gasteiger partial charge in [-0.05, 0) is 166 Å². The molecule has 230 valence electrons. The van der Waals surface area contributed by atoms with E-state index in [0.717, 1.165) is 0 Å². The average Bonchev–Trinajstić information content (AvgIpc) is 3.64. The molecule has 0 saturated heterocycles. The average molecular weight is 593 g/mol. The van der Waals surface area contributed by atoms with Crippen LogP contribution >= 0.6 is 10.0 Å². The van der Waals surface area contributed by atoms with Crippen molar-refractivity contribution in [3.8, 4) is 0 Å². The second-order valence-electron chi connectivity index (χ2n) is 19.6. The smallest absolute Gasteiger partial charge is 0.0364 e. The summed E-state index contributed by atoms with van der Waals surface area (Å²) in [7, 11) is -1.11. The summed E-state index contributed by atoms with van der Waals surface area (Å²) in [6.07, 6.45) is 21.0. The topological polar surface area (TPSA) is 0 Å². The molecule has 0 spiro atoms. The van der Waals surface area contributed by atoms with Gasteiger partial charge in [-0.1, -0.05) is 78.7 Å². The quantitative estimate of drug-likeness (QED) is 0.325. The van der Waals surface area contributed by atoms with E-state index in [4.69, 9.17) is 0 Å². The highest BCUT2D eigenvalue weighted by atomic mass is 32.3. The standard InChI is InChI=1S/C42H56S/c1-23-13-25-27-15-39(3,4)17-29(27)31-19-41(7,8)21-33(31)35(25)37(23)43(11,12)38-24(2)14-26-28-16-40(5,6)18-30(28)32-20-42(9,10)22-34(32)36(26)38/h13-14,37-38H,15-22H2,1-12H3. The zero-order chi connectivity index (χ0) is 30.8. The Morgan fingerprint density at radius 2 is 0.698 bits per heavy atom. The van der Waals surface area contributed by atoms with Crippen LogP contribution in [0.1, 0.15) is 146 Å². The fraction of sp³-hybridized carbons (Fsp3) is 0.619. The molecule has 2 atom stereocenters. The van der Waals surface area contributed by atoms with Gasteiger partial charge in [0.25, 0.3) is 0 Å². The molecule has 6 aliphatic carbocycles. The summed E-state index contributed by atoms with van der Waals surface area (Å²) in [6.45, 7) is 25.2. The summed E-state index contributed by atoms with van der Waals surface area (Å²) < 4.78 is 0. The van der Waals surface area contributed by atoms with E-state index in [-0.39, 0.29) is 0 Å². The molecule has 8 rings (SSSR count). The Labute approximate surface area is 264 Å². The van der Waals surface area contributed by atoms with Gasteiger partial charge in [0.2, 0.25) is 0 Å². The number of fused-ring (bicyclic) bond motifs is 12. The van der Waals surface area contributed by atoms with Gasteiger partial charge in [-0.25, -0.2) is 10.0 Å². The van der Waals surface area contributed by atoms with E-state index >= 15 is 0 Å². The fourth-order valence-electron chi connectivity index (χ4n) is 11.5. The Bertz CT molecular complexity index is 1590. The van der Waals surface area contributed by atoms with E-state index < -0.39 is 10.0 Å². The number of hydrogen-bond donors (Lipinski definition) is 0. The first-order valence-corrected chi connectivity index (χ1v) is 19.8. The largest absolute Gasteiger partial charge is 0.226 e. The highest BCUT2D eigenvalue weighted by Gasteiger charge is 2.50. The molecule has 0 amide bonds. The molecule has 2 unspecified atom stereocenters. The van der Waals surface area contributed by atoms with Crippen molar-refractivity contribution in [1.82, 2.24) is 0 Å². The molecule has 0 N–H and O–H groups in total. The minimum Gasteiger partial charge on any atom is -0.226 e. The lowest BCUT2D eigenvalue weighted by molar-refractivity contribution is 0.383. The van der Waals surface area contributed by atoms with Gasteiger partial charge in [0.15, 0.2) is 0 Å². The fourth-order valence-corrected chi connectivity index (χ4v) is 15.5. The van der Waals surface area contributed by atoms with Crippen molar-refractivity contribution < 1.29 is 0 Å². The predicted octanol–water partition coefficient (Wildman–Crippen LogP) is 10.9. The minimum absolute atomic E-state index is 0.369. The Morgan fingerprint density at radius 3 is 1.02 bits per heavy atom. The van der Waals surface area contributed by atoms with Crippen molar-refractivity contribution in [3.63, 3.8) is 0 Å². The molecule has 0 nitrogen and oxygen atoms in total. The molecule has 0 radical (unpaired) electrons. The highest BCUT2D eigenvalue weighted by molar-refractivity contribution is 8.33. The third-order valence-electron chi connectivity index (χ3n) is 12.6. The summed E-state index contributed by atoms with van der Waals surface area (Å²) in [6, 6.07) is 0. The molecule has 0 bridgehead atoms. The van der Waals surface area contributed by atoms with Crippen LogP contribution in [0.4, 0.5) is 0 Å². The summed E-state index contributed by atoms with van der Waals surface area (Å²) in [5, 5.41) is 1.13. The third-order valence-corrected chi connectivity index (χ3v) is 16.3. The number of hydrogen-bond acceptors (Lipinski definition) is 0. The lowest BCUT2D eigenvalue weighted by Crippen LogP contribution is -2.20. The first-order chi connectivity index (χ1) is 19.8. The summed E-state index contributed by atoms with van der Waals surface area (Å²) >= 11 is 0. The van der Waals surface area contributed by atoms with Crippen LogP contribution in [0, 0.1) is 21.7 Å². The van der Waals surface area contributed by atoms with Crippen LogP contribution in [-0.4, -0.2) is 12.5 Å². The van der Waals surface area contributed by atoms with Gasteiger partial charge in [0.1, 0.15) is 0 Å². The summed E-state index contributed by atoms with van der Waals surface area (Å²) in [5.41, 5.74) is 25.8. The third kappa shape index (κ3) is 3.95. The number of benzene rings is 2. The molecule has 2 aromatic rings. The second kappa shape index (κ2) is 8.34. The Hall–Kier alpha value is -1.73. The Kier molecular flexibility index (Phi) is 5.57. The maximum absolute atomic E-state index is 2.74. The van der Waals surface area contributed by atoms with Gasteiger partial charge in [-0.15, -0.1) is 0 Å². The van der Waals surface area contributed by atoms with E-state index in [0.29, 0.717) is 32.2 Å². The first kappa shape index (κ1) is 28.7. The second-order valence-corrected chi connectivity index (χ2v) is 23.5. The van der Waals surface area contributed by atoms with E-state index in [2.05, 4.69) is 93.9 Å². The van der Waals surface area contributed by atoms with Gasteiger partial charge in [-0.2, -0.15) is 0 Å². The van der Waals surface area contributed by atoms with Crippen LogP contribution in [0.25, 0.3) is 12.2 Å². The van der Waals surface area contributed by atoms with Gasteiger partial charge in [0.05, 0.1) is 0 Å². The van der Waals surface area contributed by atoms with Crippen molar-refractivity contribution in [2.24, 2.45) is 21.7 Å².